The van der Waals surface area contributed by atoms with E-state index in [1.54, 1.807) is 13.8 Å². The summed E-state index contributed by atoms with van der Waals surface area (Å²) in [6, 6.07) is 5.78. The fourth-order valence-electron chi connectivity index (χ4n) is 3.11. The standard InChI is InChI=1S/C26H24F6O5/c1-25(2,19(33)15-5-9-17(10-6-15)36-23(31)21(27)28)13-14-35-26(3,4)20(34)16-7-11-18(12-8-16)37-24(32)22(29)30/h5-12H,13-14H2,1-4H3. The van der Waals surface area contributed by atoms with Crippen LogP contribution in [0.25, 0.3) is 0 Å². The molecule has 2 aromatic rings. The highest BCUT2D eigenvalue weighted by Crippen LogP contribution is 2.29. The molecule has 2 rings (SSSR count). The van der Waals surface area contributed by atoms with E-state index < -0.39 is 41.0 Å². The molecule has 0 unspecified atom stereocenters. The molecule has 0 amide bonds. The van der Waals surface area contributed by atoms with Gasteiger partial charge in [0, 0.05) is 23.1 Å². The Balaban J connectivity index is 1.98. The second-order valence-electron chi connectivity index (χ2n) is 8.97. The van der Waals surface area contributed by atoms with Crippen LogP contribution in [-0.4, -0.2) is 23.8 Å². The first kappa shape index (κ1) is 29.6. The summed E-state index contributed by atoms with van der Waals surface area (Å²) >= 11 is 0. The Bertz CT molecular complexity index is 1080. The minimum absolute atomic E-state index is 0.0113. The lowest BCUT2D eigenvalue weighted by molar-refractivity contribution is -0.0128. The highest BCUT2D eigenvalue weighted by molar-refractivity contribution is 6.02. The van der Waals surface area contributed by atoms with E-state index in [9.17, 15) is 35.9 Å². The van der Waals surface area contributed by atoms with E-state index in [2.05, 4.69) is 9.47 Å². The maximum atomic E-state index is 12.9. The zero-order chi connectivity index (χ0) is 28.0. The summed E-state index contributed by atoms with van der Waals surface area (Å²) < 4.78 is 88.8. The highest BCUT2D eigenvalue weighted by atomic mass is 19.3. The second kappa shape index (κ2) is 12.1. The molecule has 0 radical (unpaired) electrons. The van der Waals surface area contributed by atoms with Crippen LogP contribution in [-0.2, 0) is 4.74 Å². The van der Waals surface area contributed by atoms with Crippen LogP contribution >= 0.6 is 0 Å². The average Bonchev–Trinajstić information content (AvgIpc) is 2.83. The number of ether oxygens (including phenoxy) is 3. The molecule has 0 spiro atoms. The van der Waals surface area contributed by atoms with Crippen molar-refractivity contribution in [1.29, 1.82) is 0 Å². The number of halogens is 6. The van der Waals surface area contributed by atoms with Crippen molar-refractivity contribution in [2.45, 2.75) is 39.7 Å². The lowest BCUT2D eigenvalue weighted by Crippen LogP contribution is -2.37. The third kappa shape index (κ3) is 8.21. The number of benzene rings is 2. The highest BCUT2D eigenvalue weighted by Gasteiger charge is 2.33. The molecular formula is C26H24F6O5. The predicted octanol–water partition coefficient (Wildman–Crippen LogP) is 7.79. The van der Waals surface area contributed by atoms with Gasteiger partial charge in [0.05, 0.1) is 0 Å². The summed E-state index contributed by atoms with van der Waals surface area (Å²) in [4.78, 5) is 25.8. The molecule has 2 aromatic carbocycles. The summed E-state index contributed by atoms with van der Waals surface area (Å²) in [5.74, 6) is -1.19. The van der Waals surface area contributed by atoms with Crippen molar-refractivity contribution in [3.8, 4) is 11.5 Å². The van der Waals surface area contributed by atoms with Crippen LogP contribution in [0.3, 0.4) is 0 Å². The first-order valence-corrected chi connectivity index (χ1v) is 10.8. The summed E-state index contributed by atoms with van der Waals surface area (Å²) in [6.45, 7) is 6.36. The largest absolute Gasteiger partial charge is 0.428 e. The molecule has 11 heteroatoms. The molecule has 0 bridgehead atoms. The van der Waals surface area contributed by atoms with Gasteiger partial charge in [-0.2, -0.15) is 26.3 Å². The molecule has 0 N–H and O–H groups in total. The lowest BCUT2D eigenvalue weighted by atomic mass is 9.81. The first-order chi connectivity index (χ1) is 17.1. The van der Waals surface area contributed by atoms with E-state index in [1.165, 1.54) is 50.2 Å². The quantitative estimate of drug-likeness (QED) is 0.159. The molecule has 0 atom stereocenters. The van der Waals surface area contributed by atoms with Gasteiger partial charge < -0.3 is 14.2 Å². The minimum atomic E-state index is -2.61. The zero-order valence-corrected chi connectivity index (χ0v) is 20.3. The Hall–Kier alpha value is -3.60. The van der Waals surface area contributed by atoms with Gasteiger partial charge in [-0.3, -0.25) is 9.59 Å². The van der Waals surface area contributed by atoms with Gasteiger partial charge in [0.1, 0.15) is 17.1 Å². The molecule has 5 nitrogen and oxygen atoms in total. The Kier molecular flexibility index (Phi) is 9.68. The average molecular weight is 530 g/mol. The van der Waals surface area contributed by atoms with Crippen molar-refractivity contribution in [2.24, 2.45) is 5.41 Å². The molecule has 0 aliphatic heterocycles. The van der Waals surface area contributed by atoms with Crippen molar-refractivity contribution >= 4 is 11.6 Å². The fraction of sp³-hybridized carbons (Fsp3) is 0.308. The number of Topliss-reactive ketones (excluding diaryl/α,β-unsaturated/α-hetero) is 2. The molecule has 0 heterocycles. The third-order valence-electron chi connectivity index (χ3n) is 5.30. The van der Waals surface area contributed by atoms with Gasteiger partial charge in [-0.15, -0.1) is 0 Å². The van der Waals surface area contributed by atoms with Crippen LogP contribution in [0.15, 0.2) is 72.7 Å². The van der Waals surface area contributed by atoms with E-state index in [-0.39, 0.29) is 41.4 Å². The summed E-state index contributed by atoms with van der Waals surface area (Å²) in [6.07, 6.45) is -5.01. The van der Waals surface area contributed by atoms with Gasteiger partial charge in [-0.1, -0.05) is 13.8 Å². The van der Waals surface area contributed by atoms with E-state index >= 15 is 0 Å². The molecular weight excluding hydrogens is 506 g/mol. The fourth-order valence-corrected chi connectivity index (χ4v) is 3.11. The molecule has 0 saturated heterocycles. The number of hydrogen-bond acceptors (Lipinski definition) is 5. The predicted molar refractivity (Wildman–Crippen MR) is 122 cm³/mol. The maximum Gasteiger partial charge on any atom is 0.344 e. The number of carbonyl (C=O) groups is 2. The molecule has 0 aliphatic carbocycles. The second-order valence-corrected chi connectivity index (χ2v) is 8.97. The van der Waals surface area contributed by atoms with Gasteiger partial charge in [0.15, 0.2) is 11.6 Å². The number of ketones is 2. The molecule has 0 aliphatic rings. The van der Waals surface area contributed by atoms with Gasteiger partial charge >= 0.3 is 24.2 Å². The van der Waals surface area contributed by atoms with E-state index in [4.69, 9.17) is 4.74 Å². The smallest absolute Gasteiger partial charge is 0.344 e. The van der Waals surface area contributed by atoms with Crippen LogP contribution in [0.2, 0.25) is 0 Å². The minimum Gasteiger partial charge on any atom is -0.428 e. The molecule has 0 saturated carbocycles. The van der Waals surface area contributed by atoms with Crippen molar-refractivity contribution in [1.82, 2.24) is 0 Å². The van der Waals surface area contributed by atoms with Crippen LogP contribution in [0.4, 0.5) is 26.3 Å². The lowest BCUT2D eigenvalue weighted by Gasteiger charge is -2.28. The number of hydrogen-bond donors (Lipinski definition) is 0. The Morgan fingerprint density at radius 3 is 1.41 bits per heavy atom. The SMILES string of the molecule is CC(C)(CCOC(C)(C)C(=O)c1ccc(OC(F)=C(F)F)cc1)C(=O)c1ccc(OC(F)=C(F)F)cc1. The van der Waals surface area contributed by atoms with Crippen molar-refractivity contribution in [3.63, 3.8) is 0 Å². The molecule has 0 fully saturated rings. The Morgan fingerprint density at radius 2 is 1.03 bits per heavy atom. The van der Waals surface area contributed by atoms with E-state index in [0.29, 0.717) is 0 Å². The van der Waals surface area contributed by atoms with Gasteiger partial charge in [-0.25, -0.2) is 0 Å². The number of rotatable bonds is 12. The summed E-state index contributed by atoms with van der Waals surface area (Å²) in [7, 11) is 0. The van der Waals surface area contributed by atoms with Crippen LogP contribution in [0.1, 0.15) is 54.8 Å². The maximum absolute atomic E-state index is 12.9. The van der Waals surface area contributed by atoms with Gasteiger partial charge in [0.2, 0.25) is 0 Å². The van der Waals surface area contributed by atoms with Crippen LogP contribution in [0, 0.1) is 5.41 Å². The van der Waals surface area contributed by atoms with Crippen LogP contribution in [0.5, 0.6) is 11.5 Å². The first-order valence-electron chi connectivity index (χ1n) is 10.8. The zero-order valence-electron chi connectivity index (χ0n) is 20.3. The van der Waals surface area contributed by atoms with Gasteiger partial charge in [-0.05, 0) is 68.8 Å². The van der Waals surface area contributed by atoms with Crippen molar-refractivity contribution in [3.05, 3.63) is 83.8 Å². The molecule has 0 aromatic heterocycles. The normalized spacial score (nSPS) is 11.5. The molecule has 200 valence electrons. The third-order valence-corrected chi connectivity index (χ3v) is 5.30. The molecule has 37 heavy (non-hydrogen) atoms. The van der Waals surface area contributed by atoms with Crippen molar-refractivity contribution in [2.75, 3.05) is 6.61 Å². The van der Waals surface area contributed by atoms with Gasteiger partial charge in [0.25, 0.3) is 0 Å². The van der Waals surface area contributed by atoms with Crippen LogP contribution < -0.4 is 9.47 Å². The monoisotopic (exact) mass is 530 g/mol. The van der Waals surface area contributed by atoms with E-state index in [1.807, 2.05) is 0 Å². The van der Waals surface area contributed by atoms with E-state index in [0.717, 1.165) is 12.1 Å². The Morgan fingerprint density at radius 1 is 0.649 bits per heavy atom. The topological polar surface area (TPSA) is 61.8 Å². The summed E-state index contributed by atoms with van der Waals surface area (Å²) in [5.41, 5.74) is -1.86. The number of carbonyl (C=O) groups excluding carboxylic acids is 2. The summed E-state index contributed by atoms with van der Waals surface area (Å²) in [5, 5.41) is 0. The Labute approximate surface area is 209 Å². The van der Waals surface area contributed by atoms with Crippen molar-refractivity contribution < 1.29 is 50.1 Å².